The van der Waals surface area contributed by atoms with E-state index in [-0.39, 0.29) is 0 Å². The Morgan fingerprint density at radius 1 is 1.27 bits per heavy atom. The van der Waals surface area contributed by atoms with E-state index in [1.807, 2.05) is 6.92 Å². The van der Waals surface area contributed by atoms with E-state index in [4.69, 9.17) is 4.99 Å². The van der Waals surface area contributed by atoms with Crippen LogP contribution in [0, 0.1) is 13.8 Å². The molecule has 2 heterocycles. The first-order valence-corrected chi connectivity index (χ1v) is 10.5. The molecule has 0 radical (unpaired) electrons. The third kappa shape index (κ3) is 5.22. The van der Waals surface area contributed by atoms with Crippen LogP contribution in [-0.4, -0.2) is 58.9 Å². The van der Waals surface area contributed by atoms with Crippen molar-refractivity contribution in [3.8, 4) is 0 Å². The van der Waals surface area contributed by atoms with Crippen LogP contribution in [0.1, 0.15) is 56.8 Å². The molecule has 26 heavy (non-hydrogen) atoms. The lowest BCUT2D eigenvalue weighted by Gasteiger charge is -2.24. The summed E-state index contributed by atoms with van der Waals surface area (Å²) in [5, 5.41) is 11.6. The first-order chi connectivity index (χ1) is 12.7. The Morgan fingerprint density at radius 3 is 2.77 bits per heavy atom. The summed E-state index contributed by atoms with van der Waals surface area (Å²) in [6.07, 6.45) is 7.86. The van der Waals surface area contributed by atoms with Gasteiger partial charge in [-0.3, -0.25) is 14.6 Å². The number of likely N-dealkylation sites (tertiary alicyclic amines) is 1. The number of hydrogen-bond donors (Lipinski definition) is 2. The Morgan fingerprint density at radius 2 is 2.08 bits per heavy atom. The van der Waals surface area contributed by atoms with Crippen LogP contribution < -0.4 is 10.6 Å². The number of aliphatic imine (C=N–C) groups is 1. The van der Waals surface area contributed by atoms with Crippen LogP contribution in [0.15, 0.2) is 11.1 Å². The van der Waals surface area contributed by atoms with Crippen molar-refractivity contribution in [3.05, 3.63) is 17.5 Å². The Bertz CT molecular complexity index is 587. The van der Waals surface area contributed by atoms with Crippen LogP contribution in [0.5, 0.6) is 0 Å². The lowest BCUT2D eigenvalue weighted by molar-refractivity contribution is 0.242. The number of aryl methyl sites for hydroxylation is 3. The largest absolute Gasteiger partial charge is 0.357 e. The Balaban J connectivity index is 1.44. The van der Waals surface area contributed by atoms with E-state index in [9.17, 15) is 0 Å². The molecule has 1 saturated heterocycles. The number of hydrogen-bond acceptors (Lipinski definition) is 3. The van der Waals surface area contributed by atoms with E-state index in [1.54, 1.807) is 0 Å². The molecule has 6 nitrogen and oxygen atoms in total. The molecule has 3 rings (SSSR count). The first kappa shape index (κ1) is 19.2. The highest BCUT2D eigenvalue weighted by atomic mass is 15.3. The van der Waals surface area contributed by atoms with Gasteiger partial charge in [0.25, 0.3) is 0 Å². The average molecular weight is 361 g/mol. The van der Waals surface area contributed by atoms with E-state index in [0.717, 1.165) is 43.8 Å². The van der Waals surface area contributed by atoms with Crippen LogP contribution in [0.25, 0.3) is 0 Å². The van der Waals surface area contributed by atoms with Crippen molar-refractivity contribution >= 4 is 5.96 Å². The monoisotopic (exact) mass is 360 g/mol. The highest BCUT2D eigenvalue weighted by molar-refractivity contribution is 5.80. The third-order valence-electron chi connectivity index (χ3n) is 5.65. The van der Waals surface area contributed by atoms with E-state index in [0.29, 0.717) is 6.04 Å². The topological polar surface area (TPSA) is 57.5 Å². The second-order valence-electron chi connectivity index (χ2n) is 7.83. The van der Waals surface area contributed by atoms with Crippen LogP contribution in [-0.2, 0) is 6.54 Å². The summed E-state index contributed by atoms with van der Waals surface area (Å²) in [6.45, 7) is 11.4. The summed E-state index contributed by atoms with van der Waals surface area (Å²) in [5.41, 5.74) is 2.32. The summed E-state index contributed by atoms with van der Waals surface area (Å²) >= 11 is 0. The number of nitrogens with one attached hydrogen (secondary N) is 2. The molecule has 0 amide bonds. The van der Waals surface area contributed by atoms with Crippen molar-refractivity contribution in [1.29, 1.82) is 0 Å². The average Bonchev–Trinajstić information content (AvgIpc) is 3.33. The maximum absolute atomic E-state index is 4.79. The molecule has 0 bridgehead atoms. The molecule has 1 aromatic rings. The van der Waals surface area contributed by atoms with Crippen molar-refractivity contribution in [3.63, 3.8) is 0 Å². The van der Waals surface area contributed by atoms with Gasteiger partial charge in [0.05, 0.1) is 5.69 Å². The predicted octanol–water partition coefficient (Wildman–Crippen LogP) is 2.46. The molecule has 0 aromatic carbocycles. The highest BCUT2D eigenvalue weighted by Crippen LogP contribution is 2.26. The molecule has 146 valence electrons. The molecule has 1 aromatic heterocycles. The standard InChI is InChI=1S/C20H36N6/c1-4-21-20(22-11-7-12-26-17(3)14-16(2)24-26)23-18-10-13-25(15-18)19-8-5-6-9-19/h14,18-19H,4-13,15H2,1-3H3,(H2,21,22,23). The minimum Gasteiger partial charge on any atom is -0.357 e. The van der Waals surface area contributed by atoms with E-state index in [2.05, 4.69) is 45.2 Å². The van der Waals surface area contributed by atoms with E-state index in [1.165, 1.54) is 50.9 Å². The maximum atomic E-state index is 4.79. The summed E-state index contributed by atoms with van der Waals surface area (Å²) < 4.78 is 2.08. The van der Waals surface area contributed by atoms with Gasteiger partial charge >= 0.3 is 0 Å². The van der Waals surface area contributed by atoms with Crippen LogP contribution in [0.4, 0.5) is 0 Å². The maximum Gasteiger partial charge on any atom is 0.191 e. The molecular weight excluding hydrogens is 324 g/mol. The normalized spacial score (nSPS) is 22.3. The molecule has 2 aliphatic rings. The van der Waals surface area contributed by atoms with Crippen molar-refractivity contribution in [2.45, 2.75) is 77.9 Å². The fraction of sp³-hybridized carbons (Fsp3) is 0.800. The molecule has 1 atom stereocenters. The number of nitrogens with zero attached hydrogens (tertiary/aromatic N) is 4. The molecule has 1 unspecified atom stereocenters. The third-order valence-corrected chi connectivity index (χ3v) is 5.65. The van der Waals surface area contributed by atoms with Gasteiger partial charge in [-0.05, 0) is 52.5 Å². The van der Waals surface area contributed by atoms with Crippen molar-refractivity contribution < 1.29 is 0 Å². The summed E-state index contributed by atoms with van der Waals surface area (Å²) in [7, 11) is 0. The number of rotatable bonds is 7. The van der Waals surface area contributed by atoms with Gasteiger partial charge < -0.3 is 10.6 Å². The van der Waals surface area contributed by atoms with Crippen molar-refractivity contribution in [1.82, 2.24) is 25.3 Å². The SMILES string of the molecule is CCNC(=NCCCn1nc(C)cc1C)NC1CCN(C2CCCC2)C1. The summed E-state index contributed by atoms with van der Waals surface area (Å²) in [6, 6.07) is 3.50. The number of aromatic nitrogens is 2. The zero-order valence-corrected chi connectivity index (χ0v) is 16.8. The molecule has 1 saturated carbocycles. The van der Waals surface area contributed by atoms with Crippen LogP contribution >= 0.6 is 0 Å². The van der Waals surface area contributed by atoms with Gasteiger partial charge in [0.15, 0.2) is 5.96 Å². The molecule has 0 spiro atoms. The minimum absolute atomic E-state index is 0.532. The molecule has 1 aliphatic heterocycles. The van der Waals surface area contributed by atoms with Gasteiger partial charge in [-0.15, -0.1) is 0 Å². The quantitative estimate of drug-likeness (QED) is 0.446. The number of guanidine groups is 1. The summed E-state index contributed by atoms with van der Waals surface area (Å²) in [5.74, 6) is 0.971. The fourth-order valence-corrected chi connectivity index (χ4v) is 4.33. The van der Waals surface area contributed by atoms with Gasteiger partial charge in [-0.2, -0.15) is 5.10 Å². The zero-order valence-electron chi connectivity index (χ0n) is 16.8. The second-order valence-corrected chi connectivity index (χ2v) is 7.83. The summed E-state index contributed by atoms with van der Waals surface area (Å²) in [4.78, 5) is 7.48. The van der Waals surface area contributed by atoms with Crippen molar-refractivity contribution in [2.24, 2.45) is 4.99 Å². The molecular formula is C20H36N6. The van der Waals surface area contributed by atoms with Gasteiger partial charge in [0.1, 0.15) is 0 Å². The molecule has 1 aliphatic carbocycles. The van der Waals surface area contributed by atoms with Gasteiger partial charge in [0, 0.05) is 50.5 Å². The fourth-order valence-electron chi connectivity index (χ4n) is 4.33. The van der Waals surface area contributed by atoms with E-state index < -0.39 is 0 Å². The van der Waals surface area contributed by atoms with Gasteiger partial charge in [-0.25, -0.2) is 0 Å². The predicted molar refractivity (Wildman–Crippen MR) is 108 cm³/mol. The lowest BCUT2D eigenvalue weighted by Crippen LogP contribution is -2.45. The highest BCUT2D eigenvalue weighted by Gasteiger charge is 2.30. The van der Waals surface area contributed by atoms with Crippen LogP contribution in [0.3, 0.4) is 0 Å². The van der Waals surface area contributed by atoms with Gasteiger partial charge in [-0.1, -0.05) is 12.8 Å². The second kappa shape index (κ2) is 9.40. The van der Waals surface area contributed by atoms with E-state index >= 15 is 0 Å². The Kier molecular flexibility index (Phi) is 6.94. The zero-order chi connectivity index (χ0) is 18.4. The first-order valence-electron chi connectivity index (χ1n) is 10.5. The molecule has 2 N–H and O–H groups in total. The van der Waals surface area contributed by atoms with Gasteiger partial charge in [0.2, 0.25) is 0 Å². The Labute approximate surface area is 158 Å². The Hall–Kier alpha value is -1.56. The molecule has 2 fully saturated rings. The lowest BCUT2D eigenvalue weighted by atomic mass is 10.2. The molecule has 6 heteroatoms. The van der Waals surface area contributed by atoms with Crippen molar-refractivity contribution in [2.75, 3.05) is 26.2 Å². The van der Waals surface area contributed by atoms with Crippen LogP contribution in [0.2, 0.25) is 0 Å². The smallest absolute Gasteiger partial charge is 0.191 e. The minimum atomic E-state index is 0.532.